The Hall–Kier alpha value is -1.03. The van der Waals surface area contributed by atoms with Crippen molar-refractivity contribution in [2.24, 2.45) is 0 Å². The maximum Gasteiger partial charge on any atom is 0.320 e. The number of ether oxygens (including phenoxy) is 1. The van der Waals surface area contributed by atoms with E-state index in [0.717, 1.165) is 5.56 Å². The number of nitrogens with one attached hydrogen (secondary N) is 1. The van der Waals surface area contributed by atoms with Gasteiger partial charge in [-0.3, -0.25) is 14.9 Å². The molecule has 1 atom stereocenters. The van der Waals surface area contributed by atoms with Crippen molar-refractivity contribution in [3.63, 3.8) is 0 Å². The molecule has 0 saturated carbocycles. The smallest absolute Gasteiger partial charge is 0.320 e. The molecule has 21 heavy (non-hydrogen) atoms. The molecule has 1 rings (SSSR count). The molecule has 0 unspecified atom stereocenters. The molecule has 0 radical (unpaired) electrons. The van der Waals surface area contributed by atoms with Crippen LogP contribution in [0.4, 0.5) is 0 Å². The maximum absolute atomic E-state index is 11.6. The fraction of sp³-hybridized carbons (Fsp3) is 0.429. The first-order valence-electron chi connectivity index (χ1n) is 6.47. The second-order valence-electron chi connectivity index (χ2n) is 4.44. The molecule has 1 aromatic carbocycles. The Morgan fingerprint density at radius 2 is 1.86 bits per heavy atom. The maximum atomic E-state index is 11.6. The van der Waals surface area contributed by atoms with E-state index in [9.17, 15) is 9.59 Å². The third-order valence-corrected chi connectivity index (χ3v) is 3.47. The lowest BCUT2D eigenvalue weighted by atomic mass is 10.1. The van der Waals surface area contributed by atoms with Gasteiger partial charge in [-0.2, -0.15) is 0 Å². The summed E-state index contributed by atoms with van der Waals surface area (Å²) in [5, 5.41) is 20.3. The van der Waals surface area contributed by atoms with E-state index < -0.39 is 18.3 Å². The molecular weight excluding hydrogens is 389 g/mol. The van der Waals surface area contributed by atoms with Gasteiger partial charge in [0.15, 0.2) is 6.29 Å². The van der Waals surface area contributed by atoms with Gasteiger partial charge in [-0.05, 0) is 18.4 Å². The molecule has 116 valence electrons. The number of aliphatic hydroxyl groups excluding tert-OH is 1. The van der Waals surface area contributed by atoms with Crippen molar-refractivity contribution in [2.75, 3.05) is 6.54 Å². The lowest BCUT2D eigenvalue weighted by Crippen LogP contribution is -2.38. The SMILES string of the molecule is O=C(CN[C@H](CCC(O)O)C(=O)I)OCc1ccccc1. The van der Waals surface area contributed by atoms with E-state index in [4.69, 9.17) is 14.9 Å². The zero-order valence-corrected chi connectivity index (χ0v) is 13.5. The molecule has 0 aromatic heterocycles. The van der Waals surface area contributed by atoms with Crippen molar-refractivity contribution in [3.8, 4) is 0 Å². The van der Waals surface area contributed by atoms with Crippen molar-refractivity contribution in [1.82, 2.24) is 5.32 Å². The fourth-order valence-corrected chi connectivity index (χ4v) is 2.14. The minimum Gasteiger partial charge on any atom is -0.460 e. The third-order valence-electron chi connectivity index (χ3n) is 2.72. The minimum atomic E-state index is -1.46. The number of hydrogen-bond acceptors (Lipinski definition) is 6. The normalized spacial score (nSPS) is 12.2. The highest BCUT2D eigenvalue weighted by molar-refractivity contribution is 14.1. The van der Waals surface area contributed by atoms with E-state index in [0.29, 0.717) is 0 Å². The van der Waals surface area contributed by atoms with Crippen LogP contribution in [0.3, 0.4) is 0 Å². The molecule has 0 aliphatic carbocycles. The number of carbonyl (C=O) groups is 2. The number of hydrogen-bond donors (Lipinski definition) is 3. The summed E-state index contributed by atoms with van der Waals surface area (Å²) in [5.74, 6) is -0.467. The molecule has 0 aliphatic rings. The van der Waals surface area contributed by atoms with E-state index in [-0.39, 0.29) is 29.8 Å². The molecule has 0 aliphatic heterocycles. The predicted octanol–water partition coefficient (Wildman–Crippen LogP) is 0.740. The fourth-order valence-electron chi connectivity index (χ4n) is 1.61. The summed E-state index contributed by atoms with van der Waals surface area (Å²) in [4.78, 5) is 22.9. The lowest BCUT2D eigenvalue weighted by Gasteiger charge is -2.15. The number of esters is 1. The van der Waals surface area contributed by atoms with Gasteiger partial charge < -0.3 is 14.9 Å². The summed E-state index contributed by atoms with van der Waals surface area (Å²) >= 11 is 1.61. The number of benzene rings is 1. The van der Waals surface area contributed by atoms with E-state index in [1.165, 1.54) is 0 Å². The van der Waals surface area contributed by atoms with Crippen LogP contribution >= 0.6 is 22.6 Å². The van der Waals surface area contributed by atoms with E-state index in [2.05, 4.69) is 5.32 Å². The molecule has 0 spiro atoms. The Morgan fingerprint density at radius 1 is 1.19 bits per heavy atom. The summed E-state index contributed by atoms with van der Waals surface area (Å²) in [7, 11) is 0. The lowest BCUT2D eigenvalue weighted by molar-refractivity contribution is -0.144. The van der Waals surface area contributed by atoms with Crippen LogP contribution in [0.2, 0.25) is 0 Å². The Morgan fingerprint density at radius 3 is 2.43 bits per heavy atom. The third kappa shape index (κ3) is 8.10. The van der Waals surface area contributed by atoms with Crippen LogP contribution in [0.15, 0.2) is 30.3 Å². The average Bonchev–Trinajstić information content (AvgIpc) is 2.45. The van der Waals surface area contributed by atoms with Crippen LogP contribution < -0.4 is 5.32 Å². The highest BCUT2D eigenvalue weighted by Gasteiger charge is 2.17. The zero-order valence-electron chi connectivity index (χ0n) is 11.4. The minimum absolute atomic E-state index is 0.0610. The molecule has 0 amide bonds. The van der Waals surface area contributed by atoms with Gasteiger partial charge in [-0.25, -0.2) is 0 Å². The predicted molar refractivity (Wildman–Crippen MR) is 84.5 cm³/mol. The van der Waals surface area contributed by atoms with Crippen LogP contribution in [-0.4, -0.2) is 38.8 Å². The molecule has 6 nitrogen and oxygen atoms in total. The quantitative estimate of drug-likeness (QED) is 0.242. The van der Waals surface area contributed by atoms with Crippen molar-refractivity contribution < 1.29 is 24.5 Å². The largest absolute Gasteiger partial charge is 0.460 e. The first-order valence-corrected chi connectivity index (χ1v) is 7.55. The van der Waals surface area contributed by atoms with E-state index in [1.807, 2.05) is 30.3 Å². The van der Waals surface area contributed by atoms with Crippen LogP contribution in [0, 0.1) is 0 Å². The molecule has 0 fully saturated rings. The van der Waals surface area contributed by atoms with Gasteiger partial charge in [-0.15, -0.1) is 0 Å². The number of halogens is 1. The summed E-state index contributed by atoms with van der Waals surface area (Å²) in [6, 6.07) is 8.68. The highest BCUT2D eigenvalue weighted by atomic mass is 127. The molecule has 3 N–H and O–H groups in total. The van der Waals surface area contributed by atoms with Gasteiger partial charge in [0.2, 0.25) is 3.79 Å². The van der Waals surface area contributed by atoms with Crippen molar-refractivity contribution in [1.29, 1.82) is 0 Å². The second-order valence-corrected chi connectivity index (χ2v) is 5.51. The topological polar surface area (TPSA) is 95.9 Å². The summed E-state index contributed by atoms with van der Waals surface area (Å²) < 4.78 is 4.88. The van der Waals surface area contributed by atoms with Gasteiger partial charge in [0.05, 0.1) is 12.6 Å². The number of carbonyl (C=O) groups excluding carboxylic acids is 2. The van der Waals surface area contributed by atoms with E-state index in [1.54, 1.807) is 22.6 Å². The summed E-state index contributed by atoms with van der Waals surface area (Å²) in [6.07, 6.45) is -1.16. The van der Waals surface area contributed by atoms with Crippen LogP contribution in [0.5, 0.6) is 0 Å². The van der Waals surface area contributed by atoms with Crippen molar-refractivity contribution in [3.05, 3.63) is 35.9 Å². The Balaban J connectivity index is 2.31. The zero-order chi connectivity index (χ0) is 15.7. The second kappa shape index (κ2) is 9.82. The van der Waals surface area contributed by atoms with Crippen molar-refractivity contribution in [2.45, 2.75) is 31.8 Å². The van der Waals surface area contributed by atoms with Crippen LogP contribution in [0.1, 0.15) is 18.4 Å². The van der Waals surface area contributed by atoms with Crippen molar-refractivity contribution >= 4 is 32.4 Å². The van der Waals surface area contributed by atoms with Crippen LogP contribution in [-0.2, 0) is 20.9 Å². The van der Waals surface area contributed by atoms with Crippen LogP contribution in [0.25, 0.3) is 0 Å². The Bertz CT molecular complexity index is 452. The monoisotopic (exact) mass is 407 g/mol. The molecule has 0 heterocycles. The first kappa shape index (κ1) is 18.0. The molecule has 0 saturated heterocycles. The molecule has 1 aromatic rings. The van der Waals surface area contributed by atoms with Gasteiger partial charge in [0, 0.05) is 22.6 Å². The molecule has 7 heteroatoms. The highest BCUT2D eigenvalue weighted by Crippen LogP contribution is 2.06. The van der Waals surface area contributed by atoms with Gasteiger partial charge in [0.25, 0.3) is 0 Å². The molecule has 0 bridgehead atoms. The molecular formula is C14H18INO5. The standard InChI is InChI=1S/C14H18INO5/c15-14(20)11(6-7-12(17)18)16-8-13(19)21-9-10-4-2-1-3-5-10/h1-5,11-12,16-18H,6-9H2/t11-/m1/s1. The number of rotatable bonds is 9. The van der Waals surface area contributed by atoms with Gasteiger partial charge in [0.1, 0.15) is 6.61 Å². The van der Waals surface area contributed by atoms with E-state index >= 15 is 0 Å². The van der Waals surface area contributed by atoms with Gasteiger partial charge >= 0.3 is 5.97 Å². The first-order chi connectivity index (χ1) is 9.99. The summed E-state index contributed by atoms with van der Waals surface area (Å²) in [6.45, 7) is 0.0767. The number of aliphatic hydroxyl groups is 2. The Kier molecular flexibility index (Phi) is 8.43. The average molecular weight is 407 g/mol. The van der Waals surface area contributed by atoms with Gasteiger partial charge in [-0.1, -0.05) is 30.3 Å². The Labute approximate surface area is 136 Å². The summed E-state index contributed by atoms with van der Waals surface area (Å²) in [5.41, 5.74) is 0.885.